The minimum Gasteiger partial charge on any atom is -0.323 e. The smallest absolute Gasteiger partial charge is 0.273 e. The Labute approximate surface area is 106 Å². The third kappa shape index (κ3) is 2.50. The number of amides is 2. The predicted molar refractivity (Wildman–Crippen MR) is 66.9 cm³/mol. The minimum absolute atomic E-state index is 0.0856. The molecule has 5 nitrogen and oxygen atoms in total. The van der Waals surface area contributed by atoms with Gasteiger partial charge in [0.05, 0.1) is 6.67 Å². The molecular formula is C13H17N3O2. The largest absolute Gasteiger partial charge is 0.323 e. The molecule has 18 heavy (non-hydrogen) atoms. The van der Waals surface area contributed by atoms with Crippen molar-refractivity contribution in [2.45, 2.75) is 20.3 Å². The zero-order valence-electron chi connectivity index (χ0n) is 10.7. The summed E-state index contributed by atoms with van der Waals surface area (Å²) in [6.45, 7) is 5.26. The number of rotatable bonds is 2. The minimum atomic E-state index is -0.106. The fourth-order valence-electron chi connectivity index (χ4n) is 2.01. The molecular weight excluding hydrogens is 230 g/mol. The van der Waals surface area contributed by atoms with E-state index in [0.29, 0.717) is 31.9 Å². The van der Waals surface area contributed by atoms with Crippen LogP contribution in [0.3, 0.4) is 0 Å². The second kappa shape index (κ2) is 5.16. The van der Waals surface area contributed by atoms with Crippen molar-refractivity contribution in [3.63, 3.8) is 0 Å². The van der Waals surface area contributed by atoms with Crippen molar-refractivity contribution in [1.29, 1.82) is 0 Å². The van der Waals surface area contributed by atoms with Gasteiger partial charge >= 0.3 is 0 Å². The van der Waals surface area contributed by atoms with Crippen molar-refractivity contribution in [3.8, 4) is 0 Å². The van der Waals surface area contributed by atoms with Gasteiger partial charge in [0.15, 0.2) is 0 Å². The highest BCUT2D eigenvalue weighted by molar-refractivity contribution is 5.93. The Bertz CT molecular complexity index is 473. The van der Waals surface area contributed by atoms with Crippen molar-refractivity contribution in [1.82, 2.24) is 14.8 Å². The molecule has 0 bridgehead atoms. The Hall–Kier alpha value is -1.91. The molecule has 2 rings (SSSR count). The quantitative estimate of drug-likeness (QED) is 0.784. The van der Waals surface area contributed by atoms with Gasteiger partial charge in [-0.05, 0) is 19.1 Å². The summed E-state index contributed by atoms with van der Waals surface area (Å²) in [7, 11) is 0. The highest BCUT2D eigenvalue weighted by Crippen LogP contribution is 2.11. The molecule has 0 spiro atoms. The molecule has 5 heteroatoms. The van der Waals surface area contributed by atoms with E-state index < -0.39 is 0 Å². The molecule has 0 aliphatic carbocycles. The first kappa shape index (κ1) is 12.5. The maximum atomic E-state index is 12.2. The fourth-order valence-corrected chi connectivity index (χ4v) is 2.01. The highest BCUT2D eigenvalue weighted by Gasteiger charge is 2.27. The summed E-state index contributed by atoms with van der Waals surface area (Å²) >= 11 is 0. The van der Waals surface area contributed by atoms with Gasteiger partial charge in [-0.3, -0.25) is 9.59 Å². The number of carbonyl (C=O) groups excluding carboxylic acids is 2. The van der Waals surface area contributed by atoms with Crippen LogP contribution in [0.15, 0.2) is 18.2 Å². The lowest BCUT2D eigenvalue weighted by Crippen LogP contribution is -2.34. The van der Waals surface area contributed by atoms with Crippen LogP contribution in [0.4, 0.5) is 0 Å². The van der Waals surface area contributed by atoms with E-state index in [2.05, 4.69) is 4.98 Å². The van der Waals surface area contributed by atoms with Crippen LogP contribution >= 0.6 is 0 Å². The van der Waals surface area contributed by atoms with E-state index in [4.69, 9.17) is 0 Å². The second-order valence-electron chi connectivity index (χ2n) is 4.38. The van der Waals surface area contributed by atoms with Crippen molar-refractivity contribution in [3.05, 3.63) is 29.6 Å². The van der Waals surface area contributed by atoms with Crippen molar-refractivity contribution < 1.29 is 9.59 Å². The van der Waals surface area contributed by atoms with Gasteiger partial charge in [-0.25, -0.2) is 4.98 Å². The maximum Gasteiger partial charge on any atom is 0.273 e. The Morgan fingerprint density at radius 2 is 2.00 bits per heavy atom. The van der Waals surface area contributed by atoms with Crippen LogP contribution in [0.5, 0.6) is 0 Å². The third-order valence-electron chi connectivity index (χ3n) is 3.03. The predicted octanol–water partition coefficient (Wildman–Crippen LogP) is 1.04. The Morgan fingerprint density at radius 3 is 2.67 bits per heavy atom. The summed E-state index contributed by atoms with van der Waals surface area (Å²) in [5.74, 6) is -0.0207. The van der Waals surface area contributed by atoms with E-state index in [1.165, 1.54) is 0 Å². The van der Waals surface area contributed by atoms with Gasteiger partial charge in [0.1, 0.15) is 5.69 Å². The molecule has 1 aliphatic heterocycles. The maximum absolute atomic E-state index is 12.2. The van der Waals surface area contributed by atoms with Crippen molar-refractivity contribution in [2.75, 3.05) is 19.8 Å². The lowest BCUT2D eigenvalue weighted by atomic mass is 10.3. The number of pyridine rings is 1. The van der Waals surface area contributed by atoms with E-state index in [9.17, 15) is 9.59 Å². The summed E-state index contributed by atoms with van der Waals surface area (Å²) < 4.78 is 0. The molecule has 1 aromatic rings. The molecule has 1 saturated heterocycles. The number of carbonyl (C=O) groups is 2. The topological polar surface area (TPSA) is 53.5 Å². The van der Waals surface area contributed by atoms with Crippen LogP contribution in [0.1, 0.15) is 29.5 Å². The molecule has 96 valence electrons. The summed E-state index contributed by atoms with van der Waals surface area (Å²) in [5, 5.41) is 0. The normalized spacial score (nSPS) is 15.0. The van der Waals surface area contributed by atoms with E-state index in [-0.39, 0.29) is 11.8 Å². The molecule has 1 fully saturated rings. The summed E-state index contributed by atoms with van der Waals surface area (Å²) in [6.07, 6.45) is 0.477. The molecule has 0 radical (unpaired) electrons. The van der Waals surface area contributed by atoms with Crippen LogP contribution in [-0.2, 0) is 4.79 Å². The number of hydrogen-bond donors (Lipinski definition) is 0. The molecule has 0 N–H and O–H groups in total. The molecule has 0 unspecified atom stereocenters. The van der Waals surface area contributed by atoms with Crippen LogP contribution in [-0.4, -0.2) is 46.4 Å². The van der Waals surface area contributed by atoms with Crippen LogP contribution < -0.4 is 0 Å². The lowest BCUT2D eigenvalue weighted by Gasteiger charge is -2.17. The Balaban J connectivity index is 2.06. The van der Waals surface area contributed by atoms with Crippen molar-refractivity contribution in [2.24, 2.45) is 0 Å². The standard InChI is InChI=1S/C13H17N3O2/c1-3-12(17)15-7-8-16(9-15)13(18)11-6-4-5-10(2)14-11/h4-6H,3,7-9H2,1-2H3. The Morgan fingerprint density at radius 1 is 1.28 bits per heavy atom. The molecule has 1 aliphatic rings. The summed E-state index contributed by atoms with van der Waals surface area (Å²) in [6, 6.07) is 5.38. The zero-order chi connectivity index (χ0) is 13.1. The van der Waals surface area contributed by atoms with Gasteiger partial charge in [0.2, 0.25) is 5.91 Å². The van der Waals surface area contributed by atoms with E-state index in [1.807, 2.05) is 26.0 Å². The molecule has 1 aromatic heterocycles. The monoisotopic (exact) mass is 247 g/mol. The van der Waals surface area contributed by atoms with E-state index in [0.717, 1.165) is 5.69 Å². The van der Waals surface area contributed by atoms with E-state index in [1.54, 1.807) is 15.9 Å². The molecule has 0 saturated carbocycles. The van der Waals surface area contributed by atoms with Crippen LogP contribution in [0.25, 0.3) is 0 Å². The first-order chi connectivity index (χ1) is 8.61. The zero-order valence-corrected chi connectivity index (χ0v) is 10.7. The van der Waals surface area contributed by atoms with Gasteiger partial charge in [-0.2, -0.15) is 0 Å². The first-order valence-corrected chi connectivity index (χ1v) is 6.12. The summed E-state index contributed by atoms with van der Waals surface area (Å²) in [5.41, 5.74) is 1.27. The number of hydrogen-bond acceptors (Lipinski definition) is 3. The molecule has 0 atom stereocenters. The highest BCUT2D eigenvalue weighted by atomic mass is 16.2. The van der Waals surface area contributed by atoms with Crippen LogP contribution in [0, 0.1) is 6.92 Å². The average molecular weight is 247 g/mol. The van der Waals surface area contributed by atoms with E-state index >= 15 is 0 Å². The first-order valence-electron chi connectivity index (χ1n) is 6.12. The van der Waals surface area contributed by atoms with Gasteiger partial charge in [-0.15, -0.1) is 0 Å². The number of aryl methyl sites for hydroxylation is 1. The van der Waals surface area contributed by atoms with Gasteiger partial charge in [-0.1, -0.05) is 13.0 Å². The third-order valence-corrected chi connectivity index (χ3v) is 3.03. The van der Waals surface area contributed by atoms with Gasteiger partial charge in [0, 0.05) is 25.2 Å². The number of aromatic nitrogens is 1. The molecule has 2 amide bonds. The lowest BCUT2D eigenvalue weighted by molar-refractivity contribution is -0.130. The fraction of sp³-hybridized carbons (Fsp3) is 0.462. The summed E-state index contributed by atoms with van der Waals surface area (Å²) in [4.78, 5) is 31.3. The van der Waals surface area contributed by atoms with Gasteiger partial charge in [0.25, 0.3) is 5.91 Å². The number of nitrogens with zero attached hydrogens (tertiary/aromatic N) is 3. The second-order valence-corrected chi connectivity index (χ2v) is 4.38. The average Bonchev–Trinajstić information content (AvgIpc) is 2.86. The molecule has 0 aromatic carbocycles. The Kier molecular flexibility index (Phi) is 3.60. The molecule has 2 heterocycles. The SMILES string of the molecule is CCC(=O)N1CCN(C(=O)c2cccc(C)n2)C1. The van der Waals surface area contributed by atoms with Crippen LogP contribution in [0.2, 0.25) is 0 Å². The van der Waals surface area contributed by atoms with Gasteiger partial charge < -0.3 is 9.80 Å². The van der Waals surface area contributed by atoms with Crippen molar-refractivity contribution >= 4 is 11.8 Å².